The van der Waals surface area contributed by atoms with Crippen molar-refractivity contribution in [2.24, 2.45) is 17.8 Å². The highest BCUT2D eigenvalue weighted by Crippen LogP contribution is 2.24. The number of rotatable bonds is 8. The zero-order chi connectivity index (χ0) is 27.4. The van der Waals surface area contributed by atoms with Crippen LogP contribution in [0.5, 0.6) is 0 Å². The number of aromatic nitrogens is 3. The number of allylic oxidation sites excluding steroid dienone is 2. The standard InChI is InChI=1S/C31H42N6O2/c1-4-35(17-18-38)31(39)25-10-12-29(32-21-25)36-13-15-37(16-14-36)30-26-11-7-23(3)19-27(26)28(33-34-30)20-24-8-5-22(2)6-9-24/h5,8,10-12,19,21-24,38H,4,6-7,9,13-18,20H2,1-3H3. The van der Waals surface area contributed by atoms with Crippen LogP contribution in [-0.4, -0.2) is 77.0 Å². The minimum absolute atomic E-state index is 0.0439. The van der Waals surface area contributed by atoms with E-state index in [0.29, 0.717) is 36.4 Å². The Morgan fingerprint density at radius 1 is 1.03 bits per heavy atom. The Bertz CT molecular complexity index is 1300. The summed E-state index contributed by atoms with van der Waals surface area (Å²) in [7, 11) is 0. The van der Waals surface area contributed by atoms with Gasteiger partial charge >= 0.3 is 0 Å². The summed E-state index contributed by atoms with van der Waals surface area (Å²) in [5, 5.41) is 21.3. The molecule has 1 saturated heterocycles. The number of nitrogens with zero attached hydrogens (tertiary/aromatic N) is 6. The number of hydrogen-bond donors (Lipinski definition) is 1. The molecule has 8 nitrogen and oxygen atoms in total. The van der Waals surface area contributed by atoms with Crippen molar-refractivity contribution >= 4 is 29.7 Å². The second-order valence-corrected chi connectivity index (χ2v) is 11.3. The number of hydrogen-bond acceptors (Lipinski definition) is 7. The van der Waals surface area contributed by atoms with Crippen molar-refractivity contribution in [1.29, 1.82) is 0 Å². The third kappa shape index (κ3) is 6.16. The molecule has 0 bridgehead atoms. The molecule has 1 amide bonds. The van der Waals surface area contributed by atoms with Gasteiger partial charge in [-0.1, -0.05) is 38.2 Å². The first-order valence-electron chi connectivity index (χ1n) is 14.6. The fourth-order valence-electron chi connectivity index (χ4n) is 5.91. The molecule has 0 saturated carbocycles. The van der Waals surface area contributed by atoms with E-state index in [0.717, 1.165) is 56.4 Å². The van der Waals surface area contributed by atoms with E-state index >= 15 is 0 Å². The van der Waals surface area contributed by atoms with Gasteiger partial charge in [0.1, 0.15) is 5.82 Å². The Kier molecular flexibility index (Phi) is 8.60. The first-order chi connectivity index (χ1) is 19.0. The van der Waals surface area contributed by atoms with Crippen molar-refractivity contribution < 1.29 is 9.90 Å². The summed E-state index contributed by atoms with van der Waals surface area (Å²) in [6.07, 6.45) is 15.6. The summed E-state index contributed by atoms with van der Waals surface area (Å²) >= 11 is 0. The van der Waals surface area contributed by atoms with Gasteiger partial charge in [-0.15, -0.1) is 5.10 Å². The monoisotopic (exact) mass is 530 g/mol. The minimum Gasteiger partial charge on any atom is -0.395 e. The van der Waals surface area contributed by atoms with Crippen molar-refractivity contribution in [3.63, 3.8) is 0 Å². The molecular weight excluding hydrogens is 488 g/mol. The van der Waals surface area contributed by atoms with Crippen LogP contribution in [0.4, 0.5) is 11.6 Å². The van der Waals surface area contributed by atoms with Crippen LogP contribution in [0.2, 0.25) is 0 Å². The number of fused-ring (bicyclic) bond motifs is 1. The quantitative estimate of drug-likeness (QED) is 0.525. The van der Waals surface area contributed by atoms with Gasteiger partial charge in [-0.3, -0.25) is 4.79 Å². The van der Waals surface area contributed by atoms with Gasteiger partial charge in [0, 0.05) is 55.9 Å². The van der Waals surface area contributed by atoms with E-state index in [2.05, 4.69) is 52.9 Å². The second-order valence-electron chi connectivity index (χ2n) is 11.3. The van der Waals surface area contributed by atoms with Crippen LogP contribution >= 0.6 is 0 Å². The summed E-state index contributed by atoms with van der Waals surface area (Å²) in [4.78, 5) is 23.5. The number of piperazine rings is 1. The van der Waals surface area contributed by atoms with Gasteiger partial charge in [-0.2, -0.15) is 5.10 Å². The second kappa shape index (κ2) is 12.3. The predicted molar refractivity (Wildman–Crippen MR) is 156 cm³/mol. The molecule has 2 aromatic rings. The number of amides is 1. The lowest BCUT2D eigenvalue weighted by Crippen LogP contribution is -2.50. The Morgan fingerprint density at radius 2 is 1.82 bits per heavy atom. The van der Waals surface area contributed by atoms with Gasteiger partial charge in [-0.25, -0.2) is 4.98 Å². The van der Waals surface area contributed by atoms with Gasteiger partial charge < -0.3 is 19.8 Å². The Balaban J connectivity index is 1.28. The molecule has 3 atom stereocenters. The molecule has 2 aliphatic carbocycles. The molecule has 3 aliphatic rings. The molecule has 1 fully saturated rings. The van der Waals surface area contributed by atoms with Crippen molar-refractivity contribution in [2.75, 3.05) is 55.7 Å². The van der Waals surface area contributed by atoms with Gasteiger partial charge in [0.2, 0.25) is 0 Å². The highest BCUT2D eigenvalue weighted by atomic mass is 16.3. The molecule has 0 aromatic carbocycles. The van der Waals surface area contributed by atoms with E-state index in [1.807, 2.05) is 19.1 Å². The third-order valence-electron chi connectivity index (χ3n) is 8.35. The van der Waals surface area contributed by atoms with Crippen LogP contribution in [0.15, 0.2) is 30.5 Å². The Labute approximate surface area is 231 Å². The van der Waals surface area contributed by atoms with Gasteiger partial charge in [-0.05, 0) is 62.5 Å². The lowest BCUT2D eigenvalue weighted by atomic mass is 9.86. The number of likely N-dealkylation sites (N-methyl/N-ethyl adjacent to an activating group) is 1. The largest absolute Gasteiger partial charge is 0.395 e. The van der Waals surface area contributed by atoms with Crippen LogP contribution in [0.25, 0.3) is 12.2 Å². The van der Waals surface area contributed by atoms with E-state index in [1.165, 1.54) is 23.3 Å². The van der Waals surface area contributed by atoms with Crippen LogP contribution < -0.4 is 20.2 Å². The van der Waals surface area contributed by atoms with Gasteiger partial charge in [0.25, 0.3) is 5.91 Å². The van der Waals surface area contributed by atoms with E-state index in [-0.39, 0.29) is 12.5 Å². The summed E-state index contributed by atoms with van der Waals surface area (Å²) in [5.41, 5.74) is 1.69. The van der Waals surface area contributed by atoms with Crippen LogP contribution in [0, 0.1) is 17.8 Å². The zero-order valence-electron chi connectivity index (χ0n) is 23.6. The first-order valence-corrected chi connectivity index (χ1v) is 14.6. The van der Waals surface area contributed by atoms with Crippen LogP contribution in [0.3, 0.4) is 0 Å². The molecule has 1 aliphatic heterocycles. The van der Waals surface area contributed by atoms with Crippen molar-refractivity contribution in [3.05, 3.63) is 52.2 Å². The SMILES string of the molecule is CCN(CCO)C(=O)c1ccc(N2CCN(c3nnc(CC4C=CC(C)CC4)c4c3=CCC(C)C=4)CC2)nc1. The lowest BCUT2D eigenvalue weighted by Gasteiger charge is -2.36. The summed E-state index contributed by atoms with van der Waals surface area (Å²) < 4.78 is 0. The molecule has 3 heterocycles. The van der Waals surface area contributed by atoms with Gasteiger partial charge in [0.15, 0.2) is 5.82 Å². The molecule has 2 aromatic heterocycles. The number of carbonyl (C=O) groups is 1. The van der Waals surface area contributed by atoms with E-state index in [1.54, 1.807) is 11.1 Å². The van der Waals surface area contributed by atoms with Crippen LogP contribution in [-0.2, 0) is 6.42 Å². The maximum Gasteiger partial charge on any atom is 0.255 e. The number of aliphatic hydroxyl groups is 1. The average molecular weight is 531 g/mol. The zero-order valence-corrected chi connectivity index (χ0v) is 23.6. The van der Waals surface area contributed by atoms with Crippen molar-refractivity contribution in [2.45, 2.75) is 46.5 Å². The fraction of sp³-hybridized carbons (Fsp3) is 0.548. The number of pyridine rings is 1. The Morgan fingerprint density at radius 3 is 2.49 bits per heavy atom. The Hall–Kier alpha value is -3.26. The van der Waals surface area contributed by atoms with E-state index < -0.39 is 0 Å². The molecule has 8 heteroatoms. The maximum atomic E-state index is 12.7. The van der Waals surface area contributed by atoms with E-state index in [4.69, 9.17) is 10.2 Å². The lowest BCUT2D eigenvalue weighted by molar-refractivity contribution is 0.0731. The molecule has 39 heavy (non-hydrogen) atoms. The molecular formula is C31H42N6O2. The van der Waals surface area contributed by atoms with Gasteiger partial charge in [0.05, 0.1) is 17.9 Å². The third-order valence-corrected chi connectivity index (χ3v) is 8.35. The molecule has 3 unspecified atom stereocenters. The number of carbonyl (C=O) groups excluding carboxylic acids is 1. The average Bonchev–Trinajstić information content (AvgIpc) is 2.97. The maximum absolute atomic E-state index is 12.7. The molecule has 208 valence electrons. The highest BCUT2D eigenvalue weighted by Gasteiger charge is 2.24. The predicted octanol–water partition coefficient (Wildman–Crippen LogP) is 2.40. The molecule has 0 spiro atoms. The minimum atomic E-state index is -0.0985. The number of aliphatic hydroxyl groups excluding tert-OH is 1. The molecule has 0 radical (unpaired) electrons. The van der Waals surface area contributed by atoms with E-state index in [9.17, 15) is 9.90 Å². The van der Waals surface area contributed by atoms with Crippen LogP contribution in [0.1, 0.15) is 56.1 Å². The smallest absolute Gasteiger partial charge is 0.255 e. The summed E-state index contributed by atoms with van der Waals surface area (Å²) in [5.74, 6) is 3.53. The molecule has 5 rings (SSSR count). The topological polar surface area (TPSA) is 85.7 Å². The number of anilines is 2. The highest BCUT2D eigenvalue weighted by molar-refractivity contribution is 5.94. The first kappa shape index (κ1) is 27.3. The molecule has 1 N–H and O–H groups in total. The summed E-state index contributed by atoms with van der Waals surface area (Å²) in [6.45, 7) is 10.7. The van der Waals surface area contributed by atoms with Crippen molar-refractivity contribution in [3.8, 4) is 0 Å². The van der Waals surface area contributed by atoms with Crippen molar-refractivity contribution in [1.82, 2.24) is 20.1 Å². The fourth-order valence-corrected chi connectivity index (χ4v) is 5.91. The normalized spacial score (nSPS) is 22.6. The summed E-state index contributed by atoms with van der Waals surface area (Å²) in [6, 6.07) is 3.77.